The molecule has 0 saturated carbocycles. The van der Waals surface area contributed by atoms with Crippen molar-refractivity contribution < 1.29 is 4.79 Å². The summed E-state index contributed by atoms with van der Waals surface area (Å²) < 4.78 is 0. The van der Waals surface area contributed by atoms with Crippen molar-refractivity contribution >= 4 is 28.6 Å². The Labute approximate surface area is 137 Å². The summed E-state index contributed by atoms with van der Waals surface area (Å²) >= 11 is 1.68. The number of hydrogen-bond donors (Lipinski definition) is 2. The Morgan fingerprint density at radius 3 is 2.61 bits per heavy atom. The van der Waals surface area contributed by atoms with Crippen LogP contribution in [0.5, 0.6) is 0 Å². The number of nitrogens with one attached hydrogen (secondary N) is 2. The number of rotatable bonds is 5. The van der Waals surface area contributed by atoms with Crippen molar-refractivity contribution in [1.29, 1.82) is 0 Å². The summed E-state index contributed by atoms with van der Waals surface area (Å²) in [5.74, 6) is 0.553. The number of H-pyrrole nitrogens is 1. The third kappa shape index (κ3) is 3.81. The van der Waals surface area contributed by atoms with Gasteiger partial charge in [0.25, 0.3) is 5.91 Å². The van der Waals surface area contributed by atoms with Crippen LogP contribution in [-0.2, 0) is 0 Å². The molecule has 0 radical (unpaired) electrons. The van der Waals surface area contributed by atoms with E-state index in [2.05, 4.69) is 10.3 Å². The van der Waals surface area contributed by atoms with E-state index in [0.717, 1.165) is 11.1 Å². The first-order chi connectivity index (χ1) is 11.2. The molecule has 2 N–H and O–H groups in total. The zero-order chi connectivity index (χ0) is 16.1. The minimum absolute atomic E-state index is 0.221. The first kappa shape index (κ1) is 15.4. The molecule has 0 aliphatic carbocycles. The molecule has 1 heterocycles. The molecule has 2 aromatic carbocycles. The second-order valence-corrected chi connectivity index (χ2v) is 6.18. The lowest BCUT2D eigenvalue weighted by molar-refractivity contribution is 0.0957. The number of aromatic amines is 1. The normalized spacial score (nSPS) is 10.6. The number of fused-ring (bicyclic) bond motifs is 1. The predicted octanol–water partition coefficient (Wildman–Crippen LogP) is 3.05. The van der Waals surface area contributed by atoms with Crippen LogP contribution in [0.25, 0.3) is 10.9 Å². The van der Waals surface area contributed by atoms with Gasteiger partial charge in [-0.1, -0.05) is 36.4 Å². The predicted molar refractivity (Wildman–Crippen MR) is 94.1 cm³/mol. The molecule has 23 heavy (non-hydrogen) atoms. The summed E-state index contributed by atoms with van der Waals surface area (Å²) in [6.07, 6.45) is 0. The highest BCUT2D eigenvalue weighted by Crippen LogP contribution is 2.16. The van der Waals surface area contributed by atoms with Crippen LogP contribution in [0.15, 0.2) is 70.4 Å². The van der Waals surface area contributed by atoms with Gasteiger partial charge in [-0.25, -0.2) is 0 Å². The van der Waals surface area contributed by atoms with Crippen molar-refractivity contribution in [3.05, 3.63) is 76.6 Å². The van der Waals surface area contributed by atoms with Gasteiger partial charge in [0, 0.05) is 34.2 Å². The molecule has 0 unspecified atom stereocenters. The van der Waals surface area contributed by atoms with Crippen molar-refractivity contribution in [3.63, 3.8) is 0 Å². The topological polar surface area (TPSA) is 62.0 Å². The fraction of sp³-hybridized carbons (Fsp3) is 0.111. The molecule has 0 atom stereocenters. The maximum atomic E-state index is 12.3. The van der Waals surface area contributed by atoms with Crippen LogP contribution in [0.2, 0.25) is 0 Å². The smallest absolute Gasteiger partial charge is 0.252 e. The van der Waals surface area contributed by atoms with Crippen LogP contribution in [0.1, 0.15) is 10.4 Å². The van der Waals surface area contributed by atoms with E-state index in [4.69, 9.17) is 0 Å². The molecule has 5 heteroatoms. The SMILES string of the molecule is O=C(NCCSc1ccccc1)c1cc(=O)[nH]c2ccccc12. The Morgan fingerprint density at radius 2 is 1.78 bits per heavy atom. The summed E-state index contributed by atoms with van der Waals surface area (Å²) in [6, 6.07) is 18.7. The van der Waals surface area contributed by atoms with Gasteiger partial charge in [-0.05, 0) is 18.2 Å². The number of para-hydroxylation sites is 1. The van der Waals surface area contributed by atoms with E-state index in [9.17, 15) is 9.59 Å². The maximum absolute atomic E-state index is 12.3. The first-order valence-corrected chi connectivity index (χ1v) is 8.31. The van der Waals surface area contributed by atoms with Crippen molar-refractivity contribution in [2.75, 3.05) is 12.3 Å². The summed E-state index contributed by atoms with van der Waals surface area (Å²) in [7, 11) is 0. The quantitative estimate of drug-likeness (QED) is 0.560. The van der Waals surface area contributed by atoms with E-state index >= 15 is 0 Å². The Balaban J connectivity index is 1.66. The van der Waals surface area contributed by atoms with Crippen molar-refractivity contribution in [2.24, 2.45) is 0 Å². The van der Waals surface area contributed by atoms with Gasteiger partial charge in [0.1, 0.15) is 0 Å². The lowest BCUT2D eigenvalue weighted by Crippen LogP contribution is -2.27. The molecule has 0 spiro atoms. The first-order valence-electron chi connectivity index (χ1n) is 7.32. The van der Waals surface area contributed by atoms with Gasteiger partial charge in [0.05, 0.1) is 5.56 Å². The molecule has 0 saturated heterocycles. The number of hydrogen-bond acceptors (Lipinski definition) is 3. The molecule has 0 aliphatic rings. The van der Waals surface area contributed by atoms with Gasteiger partial charge in [0.2, 0.25) is 5.56 Å². The Bertz CT molecular complexity index is 875. The Morgan fingerprint density at radius 1 is 1.04 bits per heavy atom. The molecular weight excluding hydrogens is 308 g/mol. The third-order valence-electron chi connectivity index (χ3n) is 3.39. The highest BCUT2D eigenvalue weighted by molar-refractivity contribution is 7.99. The molecule has 0 fully saturated rings. The fourth-order valence-electron chi connectivity index (χ4n) is 2.34. The molecule has 1 amide bonds. The molecule has 116 valence electrons. The van der Waals surface area contributed by atoms with Gasteiger partial charge < -0.3 is 10.3 Å². The van der Waals surface area contributed by atoms with Gasteiger partial charge in [0.15, 0.2) is 0 Å². The van der Waals surface area contributed by atoms with E-state index in [1.165, 1.54) is 11.0 Å². The Kier molecular flexibility index (Phi) is 4.78. The maximum Gasteiger partial charge on any atom is 0.252 e. The van der Waals surface area contributed by atoms with E-state index in [-0.39, 0.29) is 11.5 Å². The standard InChI is InChI=1S/C18H16N2O2S/c21-17-12-15(14-8-4-5-9-16(14)20-17)18(22)19-10-11-23-13-6-2-1-3-7-13/h1-9,12H,10-11H2,(H,19,22)(H,20,21). The number of pyridine rings is 1. The van der Waals surface area contributed by atoms with Gasteiger partial charge >= 0.3 is 0 Å². The lowest BCUT2D eigenvalue weighted by atomic mass is 10.1. The van der Waals surface area contributed by atoms with Crippen LogP contribution in [0.3, 0.4) is 0 Å². The highest BCUT2D eigenvalue weighted by Gasteiger charge is 2.10. The van der Waals surface area contributed by atoms with Crippen LogP contribution >= 0.6 is 11.8 Å². The molecular formula is C18H16N2O2S. The van der Waals surface area contributed by atoms with Gasteiger partial charge in [-0.2, -0.15) is 0 Å². The highest BCUT2D eigenvalue weighted by atomic mass is 32.2. The zero-order valence-corrected chi connectivity index (χ0v) is 13.2. The van der Waals surface area contributed by atoms with Gasteiger partial charge in [-0.3, -0.25) is 9.59 Å². The Hall–Kier alpha value is -2.53. The number of benzene rings is 2. The van der Waals surface area contributed by atoms with Crippen LogP contribution in [0.4, 0.5) is 0 Å². The number of carbonyl (C=O) groups excluding carboxylic acids is 1. The molecule has 1 aromatic heterocycles. The number of aromatic nitrogens is 1. The van der Waals surface area contributed by atoms with E-state index in [1.54, 1.807) is 17.8 Å². The van der Waals surface area contributed by atoms with Gasteiger partial charge in [-0.15, -0.1) is 11.8 Å². The summed E-state index contributed by atoms with van der Waals surface area (Å²) in [4.78, 5) is 27.9. The third-order valence-corrected chi connectivity index (χ3v) is 4.41. The lowest BCUT2D eigenvalue weighted by Gasteiger charge is -2.08. The molecule has 0 bridgehead atoms. The average Bonchev–Trinajstić information content (AvgIpc) is 2.58. The summed E-state index contributed by atoms with van der Waals surface area (Å²) in [5.41, 5.74) is 0.811. The minimum atomic E-state index is -0.271. The molecule has 3 aromatic rings. The fourth-order valence-corrected chi connectivity index (χ4v) is 3.13. The number of carbonyl (C=O) groups is 1. The molecule has 0 aliphatic heterocycles. The summed E-state index contributed by atoms with van der Waals surface area (Å²) in [5, 5.41) is 3.63. The second-order valence-electron chi connectivity index (χ2n) is 5.01. The number of amides is 1. The van der Waals surface area contributed by atoms with Crippen LogP contribution < -0.4 is 10.9 Å². The van der Waals surface area contributed by atoms with E-state index < -0.39 is 0 Å². The molecule has 4 nitrogen and oxygen atoms in total. The molecule has 3 rings (SSSR count). The summed E-state index contributed by atoms with van der Waals surface area (Å²) in [6.45, 7) is 0.541. The largest absolute Gasteiger partial charge is 0.351 e. The zero-order valence-electron chi connectivity index (χ0n) is 12.4. The second kappa shape index (κ2) is 7.15. The average molecular weight is 324 g/mol. The number of thioether (sulfide) groups is 1. The van der Waals surface area contributed by atoms with Crippen LogP contribution in [-0.4, -0.2) is 23.2 Å². The monoisotopic (exact) mass is 324 g/mol. The van der Waals surface area contributed by atoms with E-state index in [1.807, 2.05) is 48.5 Å². The van der Waals surface area contributed by atoms with Crippen LogP contribution in [0, 0.1) is 0 Å². The van der Waals surface area contributed by atoms with E-state index in [0.29, 0.717) is 17.6 Å². The van der Waals surface area contributed by atoms with Crippen molar-refractivity contribution in [2.45, 2.75) is 4.90 Å². The minimum Gasteiger partial charge on any atom is -0.351 e. The van der Waals surface area contributed by atoms with Crippen molar-refractivity contribution in [3.8, 4) is 0 Å². The van der Waals surface area contributed by atoms with Crippen molar-refractivity contribution in [1.82, 2.24) is 10.3 Å².